The lowest BCUT2D eigenvalue weighted by atomic mass is 9.65. The van der Waals surface area contributed by atoms with Gasteiger partial charge in [-0.2, -0.15) is 0 Å². The largest absolute Gasteiger partial charge is 0.228 e. The number of benzene rings is 3. The lowest BCUT2D eigenvalue weighted by molar-refractivity contribution is 0.346. The highest BCUT2D eigenvalue weighted by atomic mass is 32.1. The zero-order valence-corrected chi connectivity index (χ0v) is 31.4. The Labute approximate surface area is 320 Å². The zero-order chi connectivity index (χ0) is 36.0. The van der Waals surface area contributed by atoms with Crippen LogP contribution in [0.2, 0.25) is 0 Å². The van der Waals surface area contributed by atoms with Gasteiger partial charge in [0.15, 0.2) is 11.6 Å². The van der Waals surface area contributed by atoms with E-state index in [2.05, 4.69) is 114 Å². The maximum atomic E-state index is 5.07. The van der Waals surface area contributed by atoms with Gasteiger partial charge in [0.25, 0.3) is 0 Å². The van der Waals surface area contributed by atoms with Crippen LogP contribution in [0.4, 0.5) is 0 Å². The number of aromatic nitrogens is 4. The summed E-state index contributed by atoms with van der Waals surface area (Å²) in [6, 6.07) is 41.2. The Kier molecular flexibility index (Phi) is 10.2. The van der Waals surface area contributed by atoms with Crippen molar-refractivity contribution in [2.45, 2.75) is 44.4 Å². The monoisotopic (exact) mass is 724 g/mol. The molecule has 1 aliphatic carbocycles. The minimum Gasteiger partial charge on any atom is -0.228 e. The molecule has 0 spiro atoms. The summed E-state index contributed by atoms with van der Waals surface area (Å²) in [7, 11) is 0. The zero-order valence-electron chi connectivity index (χ0n) is 29.8. The summed E-state index contributed by atoms with van der Waals surface area (Å²) in [4.78, 5) is 22.3. The molecule has 0 aliphatic heterocycles. The molecule has 4 heterocycles. The number of allylic oxidation sites excluding steroid dienone is 5. The molecule has 0 bridgehead atoms. The molecule has 1 aliphatic rings. The highest BCUT2D eigenvalue weighted by Gasteiger charge is 2.35. The summed E-state index contributed by atoms with van der Waals surface area (Å²) >= 11 is 3.39. The summed E-state index contributed by atoms with van der Waals surface area (Å²) < 4.78 is 0. The molecule has 0 radical (unpaired) electrons. The van der Waals surface area contributed by atoms with Crippen LogP contribution < -0.4 is 0 Å². The molecule has 0 saturated heterocycles. The summed E-state index contributed by atoms with van der Waals surface area (Å²) in [6.07, 6.45) is 13.8. The summed E-state index contributed by atoms with van der Waals surface area (Å²) in [5, 5.41) is 4.18. The van der Waals surface area contributed by atoms with E-state index in [1.165, 1.54) is 30.4 Å². The Morgan fingerprint density at radius 1 is 0.604 bits per heavy atom. The van der Waals surface area contributed by atoms with Gasteiger partial charge in [-0.05, 0) is 65.9 Å². The Balaban J connectivity index is 1.15. The van der Waals surface area contributed by atoms with E-state index < -0.39 is 0 Å². The van der Waals surface area contributed by atoms with Gasteiger partial charge < -0.3 is 0 Å². The van der Waals surface area contributed by atoms with Crippen molar-refractivity contribution < 1.29 is 0 Å². The molecule has 6 heteroatoms. The van der Waals surface area contributed by atoms with E-state index in [1.807, 2.05) is 49.4 Å². The molecule has 0 unspecified atom stereocenters. The minimum atomic E-state index is -0.0531. The summed E-state index contributed by atoms with van der Waals surface area (Å²) in [5.41, 5.74) is 10.4. The van der Waals surface area contributed by atoms with Crippen LogP contribution in [0.3, 0.4) is 0 Å². The first kappa shape index (κ1) is 34.5. The van der Waals surface area contributed by atoms with Crippen LogP contribution in [-0.4, -0.2) is 19.9 Å². The summed E-state index contributed by atoms with van der Waals surface area (Å²) in [5.74, 6) is 1.42. The number of hydrogen-bond acceptors (Lipinski definition) is 6. The Morgan fingerprint density at radius 3 is 1.70 bits per heavy atom. The summed E-state index contributed by atoms with van der Waals surface area (Å²) in [6.45, 7) is 6.05. The average molecular weight is 725 g/mol. The van der Waals surface area contributed by atoms with Gasteiger partial charge in [-0.1, -0.05) is 141 Å². The van der Waals surface area contributed by atoms with Crippen LogP contribution >= 0.6 is 22.7 Å². The molecule has 4 aromatic heterocycles. The van der Waals surface area contributed by atoms with E-state index in [9.17, 15) is 0 Å². The first-order chi connectivity index (χ1) is 26.1. The van der Waals surface area contributed by atoms with E-state index in [-0.39, 0.29) is 5.41 Å². The molecule has 7 aromatic rings. The van der Waals surface area contributed by atoms with Crippen molar-refractivity contribution in [2.24, 2.45) is 0 Å². The van der Waals surface area contributed by atoms with Crippen LogP contribution in [0.25, 0.3) is 60.6 Å². The molecule has 0 atom stereocenters. The normalized spacial score (nSPS) is 14.4. The van der Waals surface area contributed by atoms with Gasteiger partial charge in [0.05, 0.1) is 32.5 Å². The van der Waals surface area contributed by atoms with Crippen molar-refractivity contribution in [3.8, 4) is 55.0 Å². The second kappa shape index (κ2) is 15.6. The van der Waals surface area contributed by atoms with Crippen molar-refractivity contribution in [3.05, 3.63) is 174 Å². The average Bonchev–Trinajstić information content (AvgIpc) is 3.98. The van der Waals surface area contributed by atoms with E-state index >= 15 is 0 Å². The van der Waals surface area contributed by atoms with Gasteiger partial charge in [-0.3, -0.25) is 0 Å². The molecule has 53 heavy (non-hydrogen) atoms. The predicted molar refractivity (Wildman–Crippen MR) is 224 cm³/mol. The lowest BCUT2D eigenvalue weighted by Gasteiger charge is -2.39. The van der Waals surface area contributed by atoms with Crippen LogP contribution in [0, 0.1) is 0 Å². The number of nitrogens with zero attached hydrogens (tertiary/aromatic N) is 4. The van der Waals surface area contributed by atoms with Gasteiger partial charge in [0.1, 0.15) is 0 Å². The van der Waals surface area contributed by atoms with Gasteiger partial charge >= 0.3 is 0 Å². The Bertz CT molecular complexity index is 2370. The van der Waals surface area contributed by atoms with Gasteiger partial charge in [0, 0.05) is 27.7 Å². The smallest absolute Gasteiger partial charge is 0.160 e. The van der Waals surface area contributed by atoms with Crippen LogP contribution in [0.15, 0.2) is 157 Å². The Hall–Kier alpha value is -5.56. The quantitative estimate of drug-likeness (QED) is 0.132. The van der Waals surface area contributed by atoms with Crippen LogP contribution in [0.1, 0.15) is 56.0 Å². The van der Waals surface area contributed by atoms with Crippen molar-refractivity contribution in [3.63, 3.8) is 0 Å². The molecule has 4 nitrogen and oxygen atoms in total. The third-order valence-corrected chi connectivity index (χ3v) is 11.9. The van der Waals surface area contributed by atoms with Crippen molar-refractivity contribution in [2.75, 3.05) is 0 Å². The molecular weight excluding hydrogens is 685 g/mol. The van der Waals surface area contributed by atoms with Crippen LogP contribution in [-0.2, 0) is 5.41 Å². The molecule has 0 N–H and O–H groups in total. The van der Waals surface area contributed by atoms with E-state index in [0.717, 1.165) is 73.5 Å². The van der Waals surface area contributed by atoms with Gasteiger partial charge in [0.2, 0.25) is 0 Å². The van der Waals surface area contributed by atoms with Crippen molar-refractivity contribution >= 4 is 28.2 Å². The molecule has 8 rings (SSSR count). The molecule has 260 valence electrons. The first-order valence-electron chi connectivity index (χ1n) is 18.2. The van der Waals surface area contributed by atoms with E-state index in [0.29, 0.717) is 5.82 Å². The fraction of sp³-hybridized carbons (Fsp3) is 0.149. The molecule has 0 amide bonds. The predicted octanol–water partition coefficient (Wildman–Crippen LogP) is 13.1. The number of rotatable bonds is 10. The molecule has 1 fully saturated rings. The molecule has 1 saturated carbocycles. The van der Waals surface area contributed by atoms with Gasteiger partial charge in [-0.25, -0.2) is 19.9 Å². The van der Waals surface area contributed by atoms with E-state index in [1.54, 1.807) is 22.7 Å². The highest BCUT2D eigenvalue weighted by molar-refractivity contribution is 7.13. The number of thiophene rings is 2. The third kappa shape index (κ3) is 7.25. The maximum absolute atomic E-state index is 5.07. The van der Waals surface area contributed by atoms with Gasteiger partial charge in [-0.15, -0.1) is 22.7 Å². The minimum absolute atomic E-state index is 0.0531. The second-order valence-electron chi connectivity index (χ2n) is 13.4. The van der Waals surface area contributed by atoms with Crippen LogP contribution in [0.5, 0.6) is 0 Å². The highest BCUT2D eigenvalue weighted by Crippen LogP contribution is 2.46. The topological polar surface area (TPSA) is 51.6 Å². The third-order valence-electron chi connectivity index (χ3n) is 10.2. The second-order valence-corrected chi connectivity index (χ2v) is 15.3. The molecule has 3 aromatic carbocycles. The van der Waals surface area contributed by atoms with E-state index in [4.69, 9.17) is 19.9 Å². The SMILES string of the molecule is C=C/C(=C\C=C/C)c1nc(-c2ccc(C3(c4ccc(-c5cc(-c6cccs6)nc(-c6ccccc6)n5)cc4)CCCCC3)cc2)cc(-c2cccs2)n1. The maximum Gasteiger partial charge on any atom is 0.160 e. The fourth-order valence-electron chi connectivity index (χ4n) is 7.39. The number of hydrogen-bond donors (Lipinski definition) is 0. The standard InChI is InChI=1S/C47H40N4S2/c1-3-5-14-33(4-2)45-48-39(31-41(50-45)43-17-12-29-52-43)34-19-23-37(24-20-34)47(27-10-7-11-28-47)38-25-21-35(22-26-38)40-32-42(44-18-13-30-53-44)51-46(49-40)36-15-8-6-9-16-36/h3-6,8-9,12-26,29-32H,2,7,10-11,27-28H2,1H3/b5-3-,33-14+. The van der Waals surface area contributed by atoms with Crippen molar-refractivity contribution in [1.29, 1.82) is 0 Å². The molecular formula is C47H40N4S2. The first-order valence-corrected chi connectivity index (χ1v) is 20.0. The Morgan fingerprint density at radius 2 is 1.15 bits per heavy atom. The fourth-order valence-corrected chi connectivity index (χ4v) is 8.76. The lowest BCUT2D eigenvalue weighted by Crippen LogP contribution is -2.30. The van der Waals surface area contributed by atoms with Crippen molar-refractivity contribution in [1.82, 2.24) is 19.9 Å².